The van der Waals surface area contributed by atoms with Crippen LogP contribution in [0.3, 0.4) is 0 Å². The third-order valence-electron chi connectivity index (χ3n) is 2.38. The highest BCUT2D eigenvalue weighted by atomic mass is 35.5. The molecule has 0 amide bonds. The number of halogens is 1. The van der Waals surface area contributed by atoms with Crippen LogP contribution in [-0.2, 0) is 5.75 Å². The van der Waals surface area contributed by atoms with E-state index in [9.17, 15) is 4.79 Å². The number of nitrogens with two attached hydrogens (primary N) is 1. The van der Waals surface area contributed by atoms with Gasteiger partial charge in [0.05, 0.1) is 10.7 Å². The van der Waals surface area contributed by atoms with E-state index in [0.717, 1.165) is 4.90 Å². The monoisotopic (exact) mass is 295 g/mol. The maximum atomic E-state index is 11.0. The molecule has 2 rings (SSSR count). The van der Waals surface area contributed by atoms with Gasteiger partial charge >= 0.3 is 5.97 Å². The molecule has 0 aliphatic heterocycles. The Labute approximate surface area is 118 Å². The lowest BCUT2D eigenvalue weighted by Crippen LogP contribution is -2.04. The van der Waals surface area contributed by atoms with Crippen LogP contribution in [0.4, 0.5) is 5.69 Å². The van der Waals surface area contributed by atoms with Gasteiger partial charge < -0.3 is 10.8 Å². The maximum Gasteiger partial charge on any atom is 0.339 e. The summed E-state index contributed by atoms with van der Waals surface area (Å²) in [5.74, 6) is -0.693. The largest absolute Gasteiger partial charge is 0.478 e. The normalized spacial score (nSPS) is 10.4. The first-order valence-corrected chi connectivity index (χ1v) is 6.65. The fraction of sp³-hybridized carbons (Fsp3) is 0.0833. The van der Waals surface area contributed by atoms with E-state index < -0.39 is 5.97 Å². The van der Waals surface area contributed by atoms with Gasteiger partial charge in [-0.3, -0.25) is 0 Å². The molecule has 0 unspecified atom stereocenters. The highest BCUT2D eigenvalue weighted by Gasteiger charge is 2.13. The maximum absolute atomic E-state index is 11.0. The number of carbonyl (C=O) groups is 1. The molecule has 0 aliphatic rings. The number of nitrogen functional groups attached to an aromatic ring is 1. The molecule has 1 heterocycles. The Morgan fingerprint density at radius 1 is 1.47 bits per heavy atom. The standard InChI is InChI=1S/C12H10ClN3O2S/c13-8-2-1-3-9(14)11(8)19-5-10-7(12(17)18)4-15-6-16-10/h1-4,6H,5,14H2,(H,17,18). The molecule has 3 N–H and O–H groups in total. The number of carboxylic acid groups (broad SMARTS) is 1. The summed E-state index contributed by atoms with van der Waals surface area (Å²) in [5, 5.41) is 9.57. The van der Waals surface area contributed by atoms with E-state index in [-0.39, 0.29) is 5.56 Å². The molecule has 19 heavy (non-hydrogen) atoms. The highest BCUT2D eigenvalue weighted by Crippen LogP contribution is 2.34. The van der Waals surface area contributed by atoms with Gasteiger partial charge in [0.2, 0.25) is 0 Å². The van der Waals surface area contributed by atoms with Crippen LogP contribution < -0.4 is 5.73 Å². The third kappa shape index (κ3) is 3.15. The van der Waals surface area contributed by atoms with Crippen LogP contribution in [0.15, 0.2) is 35.6 Å². The summed E-state index contributed by atoms with van der Waals surface area (Å²) in [6.07, 6.45) is 2.60. The molecule has 98 valence electrons. The van der Waals surface area contributed by atoms with Gasteiger partial charge in [0.1, 0.15) is 11.9 Å². The topological polar surface area (TPSA) is 89.1 Å². The van der Waals surface area contributed by atoms with Crippen LogP contribution in [0.5, 0.6) is 0 Å². The van der Waals surface area contributed by atoms with E-state index in [4.69, 9.17) is 22.4 Å². The van der Waals surface area contributed by atoms with Crippen molar-refractivity contribution in [1.29, 1.82) is 0 Å². The summed E-state index contributed by atoms with van der Waals surface area (Å²) in [6.45, 7) is 0. The van der Waals surface area contributed by atoms with Crippen molar-refractivity contribution in [2.45, 2.75) is 10.6 Å². The first kappa shape index (κ1) is 13.6. The van der Waals surface area contributed by atoms with Crippen LogP contribution in [-0.4, -0.2) is 21.0 Å². The fourth-order valence-corrected chi connectivity index (χ4v) is 2.76. The molecule has 0 fully saturated rings. The SMILES string of the molecule is Nc1cccc(Cl)c1SCc1ncncc1C(=O)O. The molecule has 0 spiro atoms. The number of benzene rings is 1. The van der Waals surface area contributed by atoms with Gasteiger partial charge in [0.15, 0.2) is 0 Å². The Bertz CT molecular complexity index is 601. The van der Waals surface area contributed by atoms with Gasteiger partial charge in [0, 0.05) is 22.5 Å². The first-order valence-electron chi connectivity index (χ1n) is 5.28. The summed E-state index contributed by atoms with van der Waals surface area (Å²) >= 11 is 7.40. The number of thioether (sulfide) groups is 1. The van der Waals surface area contributed by atoms with Crippen LogP contribution >= 0.6 is 23.4 Å². The minimum absolute atomic E-state index is 0.0839. The lowest BCUT2D eigenvalue weighted by Gasteiger charge is -2.08. The van der Waals surface area contributed by atoms with Crippen molar-refractivity contribution in [3.05, 3.63) is 47.0 Å². The number of nitrogens with zero attached hydrogens (tertiary/aromatic N) is 2. The fourth-order valence-electron chi connectivity index (χ4n) is 1.47. The Morgan fingerprint density at radius 2 is 2.26 bits per heavy atom. The molecule has 1 aromatic carbocycles. The van der Waals surface area contributed by atoms with Crippen molar-refractivity contribution in [1.82, 2.24) is 9.97 Å². The zero-order valence-electron chi connectivity index (χ0n) is 9.71. The molecule has 7 heteroatoms. The Balaban J connectivity index is 2.22. The summed E-state index contributed by atoms with van der Waals surface area (Å²) in [5.41, 5.74) is 6.91. The molecule has 0 saturated carbocycles. The molecule has 0 saturated heterocycles. The lowest BCUT2D eigenvalue weighted by atomic mass is 10.2. The van der Waals surface area contributed by atoms with Gasteiger partial charge in [-0.25, -0.2) is 14.8 Å². The van der Waals surface area contributed by atoms with E-state index in [1.165, 1.54) is 24.3 Å². The molecule has 0 bridgehead atoms. The van der Waals surface area contributed by atoms with E-state index in [2.05, 4.69) is 9.97 Å². The van der Waals surface area contributed by atoms with E-state index in [1.54, 1.807) is 18.2 Å². The van der Waals surface area contributed by atoms with Gasteiger partial charge in [0.25, 0.3) is 0 Å². The Kier molecular flexibility index (Phi) is 4.24. The van der Waals surface area contributed by atoms with Gasteiger partial charge in [-0.05, 0) is 12.1 Å². The van der Waals surface area contributed by atoms with Gasteiger partial charge in [-0.1, -0.05) is 17.7 Å². The molecular weight excluding hydrogens is 286 g/mol. The molecule has 0 atom stereocenters. The molecular formula is C12H10ClN3O2S. The van der Waals surface area contributed by atoms with Crippen molar-refractivity contribution in [3.63, 3.8) is 0 Å². The minimum Gasteiger partial charge on any atom is -0.478 e. The lowest BCUT2D eigenvalue weighted by molar-refractivity contribution is 0.0695. The number of carboxylic acids is 1. The summed E-state index contributed by atoms with van der Waals surface area (Å²) in [7, 11) is 0. The van der Waals surface area contributed by atoms with E-state index >= 15 is 0 Å². The number of hydrogen-bond acceptors (Lipinski definition) is 5. The molecule has 2 aromatic rings. The predicted molar refractivity (Wildman–Crippen MR) is 74.4 cm³/mol. The van der Waals surface area contributed by atoms with E-state index in [1.807, 2.05) is 0 Å². The van der Waals surface area contributed by atoms with Crippen LogP contribution in [0.25, 0.3) is 0 Å². The van der Waals surface area contributed by atoms with Crippen molar-refractivity contribution in [2.75, 3.05) is 5.73 Å². The third-order valence-corrected chi connectivity index (χ3v) is 3.96. The number of hydrogen-bond donors (Lipinski definition) is 2. The minimum atomic E-state index is -1.05. The zero-order valence-corrected chi connectivity index (χ0v) is 11.3. The van der Waals surface area contributed by atoms with Crippen molar-refractivity contribution in [2.24, 2.45) is 0 Å². The molecule has 5 nitrogen and oxygen atoms in total. The van der Waals surface area contributed by atoms with Crippen molar-refractivity contribution < 1.29 is 9.90 Å². The second-order valence-electron chi connectivity index (χ2n) is 3.64. The van der Waals surface area contributed by atoms with Crippen LogP contribution in [0, 0.1) is 0 Å². The van der Waals surface area contributed by atoms with Crippen molar-refractivity contribution in [3.8, 4) is 0 Å². The summed E-state index contributed by atoms with van der Waals surface area (Å²) < 4.78 is 0. The zero-order chi connectivity index (χ0) is 13.8. The smallest absolute Gasteiger partial charge is 0.339 e. The summed E-state index contributed by atoms with van der Waals surface area (Å²) in [4.78, 5) is 19.4. The second kappa shape index (κ2) is 5.90. The second-order valence-corrected chi connectivity index (χ2v) is 5.03. The number of rotatable bonds is 4. The first-order chi connectivity index (χ1) is 9.09. The van der Waals surface area contributed by atoms with Crippen molar-refractivity contribution >= 4 is 35.0 Å². The Hall–Kier alpha value is -1.79. The molecule has 0 aliphatic carbocycles. The quantitative estimate of drug-likeness (QED) is 0.666. The average Bonchev–Trinajstić information content (AvgIpc) is 2.38. The number of aromatic nitrogens is 2. The average molecular weight is 296 g/mol. The van der Waals surface area contributed by atoms with Crippen LogP contribution in [0.1, 0.15) is 16.1 Å². The molecule has 1 aromatic heterocycles. The number of aromatic carboxylic acids is 1. The highest BCUT2D eigenvalue weighted by molar-refractivity contribution is 7.98. The predicted octanol–water partition coefficient (Wildman–Crippen LogP) is 2.70. The van der Waals surface area contributed by atoms with Gasteiger partial charge in [-0.2, -0.15) is 0 Å². The Morgan fingerprint density at radius 3 is 2.95 bits per heavy atom. The van der Waals surface area contributed by atoms with E-state index in [0.29, 0.717) is 22.2 Å². The molecule has 0 radical (unpaired) electrons. The van der Waals surface area contributed by atoms with Gasteiger partial charge in [-0.15, -0.1) is 11.8 Å². The summed E-state index contributed by atoms with van der Waals surface area (Å²) in [6, 6.07) is 5.24. The van der Waals surface area contributed by atoms with Crippen LogP contribution in [0.2, 0.25) is 5.02 Å². The number of anilines is 1.